The molecule has 1 aliphatic heterocycles. The number of thioether (sulfide) groups is 1. The Balaban J connectivity index is 2.64. The third-order valence-electron chi connectivity index (χ3n) is 1.42. The standard InChI is InChI=1S/C7H5ClS/c8-6-3-1-2-5-4-9-7(5)6/h1-3H,4H2. The summed E-state index contributed by atoms with van der Waals surface area (Å²) < 4.78 is 0. The van der Waals surface area contributed by atoms with Gasteiger partial charge in [-0.2, -0.15) is 0 Å². The normalized spacial score (nSPS) is 14.3. The van der Waals surface area contributed by atoms with Crippen molar-refractivity contribution in [1.82, 2.24) is 0 Å². The van der Waals surface area contributed by atoms with Gasteiger partial charge in [-0.15, -0.1) is 11.8 Å². The van der Waals surface area contributed by atoms with Gasteiger partial charge in [-0.3, -0.25) is 0 Å². The summed E-state index contributed by atoms with van der Waals surface area (Å²) in [7, 11) is 0. The lowest BCUT2D eigenvalue weighted by Crippen LogP contribution is -1.95. The zero-order chi connectivity index (χ0) is 6.27. The molecule has 2 heteroatoms. The summed E-state index contributed by atoms with van der Waals surface area (Å²) in [6, 6.07) is 6.06. The van der Waals surface area contributed by atoms with E-state index in [0.717, 1.165) is 10.8 Å². The minimum atomic E-state index is 0.906. The lowest BCUT2D eigenvalue weighted by Gasteiger charge is -2.17. The molecule has 0 radical (unpaired) electrons. The molecule has 0 amide bonds. The lowest BCUT2D eigenvalue weighted by atomic mass is 10.2. The maximum absolute atomic E-state index is 5.84. The van der Waals surface area contributed by atoms with Crippen molar-refractivity contribution >= 4 is 23.4 Å². The van der Waals surface area contributed by atoms with Crippen LogP contribution in [0.15, 0.2) is 23.1 Å². The second-order valence-corrected chi connectivity index (χ2v) is 3.41. The van der Waals surface area contributed by atoms with Crippen LogP contribution in [0.25, 0.3) is 0 Å². The highest BCUT2D eigenvalue weighted by Crippen LogP contribution is 2.42. The summed E-state index contributed by atoms with van der Waals surface area (Å²) in [6.07, 6.45) is 0. The number of hydrogen-bond donors (Lipinski definition) is 0. The van der Waals surface area contributed by atoms with E-state index in [1.807, 2.05) is 23.9 Å². The Morgan fingerprint density at radius 3 is 2.78 bits per heavy atom. The van der Waals surface area contributed by atoms with E-state index in [9.17, 15) is 0 Å². The van der Waals surface area contributed by atoms with Gasteiger partial charge in [0.25, 0.3) is 0 Å². The van der Waals surface area contributed by atoms with Crippen LogP contribution in [-0.4, -0.2) is 0 Å². The van der Waals surface area contributed by atoms with Crippen LogP contribution in [0.1, 0.15) is 5.56 Å². The summed E-state index contributed by atoms with van der Waals surface area (Å²) in [5.74, 6) is 1.13. The number of halogens is 1. The topological polar surface area (TPSA) is 0 Å². The molecule has 1 aromatic rings. The third-order valence-corrected chi connectivity index (χ3v) is 3.07. The first kappa shape index (κ1) is 5.63. The predicted octanol–water partition coefficient (Wildman–Crippen LogP) is 2.95. The Bertz CT molecular complexity index is 230. The predicted molar refractivity (Wildman–Crippen MR) is 41.0 cm³/mol. The molecule has 0 N–H and O–H groups in total. The third kappa shape index (κ3) is 0.759. The molecule has 2 rings (SSSR count). The van der Waals surface area contributed by atoms with E-state index in [1.54, 1.807) is 0 Å². The number of fused-ring (bicyclic) bond motifs is 1. The average Bonchev–Trinajstić information content (AvgIpc) is 1.74. The van der Waals surface area contributed by atoms with E-state index in [0.29, 0.717) is 0 Å². The van der Waals surface area contributed by atoms with E-state index in [4.69, 9.17) is 11.6 Å². The smallest absolute Gasteiger partial charge is 0.0545 e. The van der Waals surface area contributed by atoms with Gasteiger partial charge < -0.3 is 0 Å². The molecule has 0 spiro atoms. The van der Waals surface area contributed by atoms with Crippen LogP contribution < -0.4 is 0 Å². The van der Waals surface area contributed by atoms with Crippen molar-refractivity contribution in [2.24, 2.45) is 0 Å². The quantitative estimate of drug-likeness (QED) is 0.557. The fourth-order valence-electron chi connectivity index (χ4n) is 0.898. The molecule has 0 nitrogen and oxygen atoms in total. The monoisotopic (exact) mass is 156 g/mol. The molecule has 0 atom stereocenters. The minimum absolute atomic E-state index is 0.906. The number of benzene rings is 1. The largest absolute Gasteiger partial charge is 0.119 e. The van der Waals surface area contributed by atoms with Crippen LogP contribution in [-0.2, 0) is 5.75 Å². The molecule has 9 heavy (non-hydrogen) atoms. The molecule has 1 aliphatic rings. The molecule has 1 heterocycles. The molecular formula is C7H5ClS. The van der Waals surface area contributed by atoms with Gasteiger partial charge in [-0.25, -0.2) is 0 Å². The molecule has 0 bridgehead atoms. The van der Waals surface area contributed by atoms with Crippen LogP contribution >= 0.6 is 23.4 Å². The molecule has 1 aromatic carbocycles. The van der Waals surface area contributed by atoms with E-state index < -0.39 is 0 Å². The lowest BCUT2D eigenvalue weighted by molar-refractivity contribution is 1.20. The van der Waals surface area contributed by atoms with Crippen molar-refractivity contribution in [2.45, 2.75) is 10.6 Å². The minimum Gasteiger partial charge on any atom is -0.119 e. The molecular weight excluding hydrogens is 152 g/mol. The van der Waals surface area contributed by atoms with Crippen molar-refractivity contribution in [1.29, 1.82) is 0 Å². The fourth-order valence-corrected chi connectivity index (χ4v) is 2.08. The van der Waals surface area contributed by atoms with Gasteiger partial charge in [0.2, 0.25) is 0 Å². The first-order valence-electron chi connectivity index (χ1n) is 2.78. The highest BCUT2D eigenvalue weighted by molar-refractivity contribution is 8.00. The van der Waals surface area contributed by atoms with Gasteiger partial charge in [0.15, 0.2) is 0 Å². The maximum atomic E-state index is 5.84. The van der Waals surface area contributed by atoms with Crippen molar-refractivity contribution in [3.05, 3.63) is 28.8 Å². The van der Waals surface area contributed by atoms with Crippen LogP contribution in [0.4, 0.5) is 0 Å². The molecule has 0 saturated heterocycles. The molecule has 0 unspecified atom stereocenters. The van der Waals surface area contributed by atoms with Crippen molar-refractivity contribution < 1.29 is 0 Å². The maximum Gasteiger partial charge on any atom is 0.0545 e. The Morgan fingerprint density at radius 2 is 2.33 bits per heavy atom. The first-order valence-corrected chi connectivity index (χ1v) is 4.14. The second-order valence-electron chi connectivity index (χ2n) is 2.02. The summed E-state index contributed by atoms with van der Waals surface area (Å²) in [4.78, 5) is 1.28. The van der Waals surface area contributed by atoms with Crippen LogP contribution in [0.5, 0.6) is 0 Å². The van der Waals surface area contributed by atoms with Gasteiger partial charge in [0, 0.05) is 10.6 Å². The van der Waals surface area contributed by atoms with Gasteiger partial charge in [-0.1, -0.05) is 23.7 Å². The van der Waals surface area contributed by atoms with Crippen LogP contribution in [0.2, 0.25) is 5.02 Å². The molecule has 46 valence electrons. The summed E-state index contributed by atoms with van der Waals surface area (Å²) >= 11 is 7.67. The van der Waals surface area contributed by atoms with E-state index in [-0.39, 0.29) is 0 Å². The zero-order valence-corrected chi connectivity index (χ0v) is 6.30. The number of rotatable bonds is 0. The van der Waals surface area contributed by atoms with Gasteiger partial charge in [-0.05, 0) is 11.6 Å². The van der Waals surface area contributed by atoms with Gasteiger partial charge in [0.1, 0.15) is 0 Å². The summed E-state index contributed by atoms with van der Waals surface area (Å²) in [6.45, 7) is 0. The highest BCUT2D eigenvalue weighted by atomic mass is 35.5. The fraction of sp³-hybridized carbons (Fsp3) is 0.143. The molecule has 0 aromatic heterocycles. The Hall–Kier alpha value is -0.140. The van der Waals surface area contributed by atoms with Crippen molar-refractivity contribution in [2.75, 3.05) is 0 Å². The molecule has 0 aliphatic carbocycles. The van der Waals surface area contributed by atoms with Crippen molar-refractivity contribution in [3.8, 4) is 0 Å². The molecule has 0 fully saturated rings. The van der Waals surface area contributed by atoms with Gasteiger partial charge >= 0.3 is 0 Å². The summed E-state index contributed by atoms with van der Waals surface area (Å²) in [5.41, 5.74) is 1.40. The van der Waals surface area contributed by atoms with E-state index in [2.05, 4.69) is 6.07 Å². The average molecular weight is 157 g/mol. The van der Waals surface area contributed by atoms with Gasteiger partial charge in [0.05, 0.1) is 5.02 Å². The zero-order valence-electron chi connectivity index (χ0n) is 4.73. The van der Waals surface area contributed by atoms with E-state index in [1.165, 1.54) is 10.5 Å². The molecule has 0 saturated carbocycles. The highest BCUT2D eigenvalue weighted by Gasteiger charge is 2.15. The first-order chi connectivity index (χ1) is 4.38. The second kappa shape index (κ2) is 1.93. The van der Waals surface area contributed by atoms with Crippen LogP contribution in [0.3, 0.4) is 0 Å². The SMILES string of the molecule is Clc1cccc2c1SC2. The van der Waals surface area contributed by atoms with Crippen LogP contribution in [0, 0.1) is 0 Å². The Kier molecular flexibility index (Phi) is 1.20. The van der Waals surface area contributed by atoms with Crippen molar-refractivity contribution in [3.63, 3.8) is 0 Å². The summed E-state index contributed by atoms with van der Waals surface area (Å²) in [5, 5.41) is 0.906. The number of hydrogen-bond acceptors (Lipinski definition) is 1. The Labute approximate surface area is 63.2 Å². The Morgan fingerprint density at radius 1 is 1.44 bits per heavy atom. The van der Waals surface area contributed by atoms with E-state index >= 15 is 0 Å².